The molecule has 2 N–H and O–H groups in total. The Bertz CT molecular complexity index is 1300. The van der Waals surface area contributed by atoms with Crippen molar-refractivity contribution >= 4 is 35.2 Å². The molecule has 2 rings (SSSR count). The number of nitrogens with one attached hydrogen (secondary N) is 1. The summed E-state index contributed by atoms with van der Waals surface area (Å²) in [5.74, 6) is -0.821. The van der Waals surface area contributed by atoms with Crippen molar-refractivity contribution in [1.29, 1.82) is 0 Å². The maximum Gasteiger partial charge on any atom is 0.409 e. The number of carbonyl (C=O) groups is 4. The molecule has 12 nitrogen and oxygen atoms in total. The molecule has 0 saturated carbocycles. The molecule has 0 heterocycles. The van der Waals surface area contributed by atoms with Gasteiger partial charge in [0, 0.05) is 58.7 Å². The van der Waals surface area contributed by atoms with E-state index in [-0.39, 0.29) is 42.2 Å². The van der Waals surface area contributed by atoms with E-state index >= 15 is 0 Å². The van der Waals surface area contributed by atoms with E-state index in [0.717, 1.165) is 5.56 Å². The molecule has 12 heteroatoms. The topological polar surface area (TPSA) is 144 Å². The first-order chi connectivity index (χ1) is 20.1. The third-order valence-corrected chi connectivity index (χ3v) is 6.48. The highest BCUT2D eigenvalue weighted by Crippen LogP contribution is 2.25. The second kappa shape index (κ2) is 15.7. The van der Waals surface area contributed by atoms with Gasteiger partial charge in [0.05, 0.1) is 16.9 Å². The van der Waals surface area contributed by atoms with Crippen LogP contribution in [-0.2, 0) is 20.9 Å². The average Bonchev–Trinajstić information content (AvgIpc) is 2.96. The maximum absolute atomic E-state index is 12.6. The number of amides is 4. The lowest BCUT2D eigenvalue weighted by Crippen LogP contribution is -2.41. The van der Waals surface area contributed by atoms with Gasteiger partial charge in [-0.1, -0.05) is 46.8 Å². The molecule has 0 fully saturated rings. The summed E-state index contributed by atoms with van der Waals surface area (Å²) in [5.41, 5.74) is 1.18. The van der Waals surface area contributed by atoms with E-state index in [2.05, 4.69) is 15.5 Å². The van der Waals surface area contributed by atoms with Crippen LogP contribution in [-0.4, -0.2) is 90.9 Å². The number of phenols is 1. The molecule has 2 aromatic carbocycles. The number of hydrogen-bond donors (Lipinski definition) is 2. The summed E-state index contributed by atoms with van der Waals surface area (Å²) in [7, 11) is 5.00. The van der Waals surface area contributed by atoms with Crippen LogP contribution < -0.4 is 5.32 Å². The Morgan fingerprint density at radius 3 is 2.05 bits per heavy atom. The molecule has 0 aromatic heterocycles. The molecule has 234 valence electrons. The maximum atomic E-state index is 12.6. The molecule has 43 heavy (non-hydrogen) atoms. The monoisotopic (exact) mass is 596 g/mol. The van der Waals surface area contributed by atoms with Gasteiger partial charge in [0.2, 0.25) is 11.8 Å². The van der Waals surface area contributed by atoms with Crippen molar-refractivity contribution in [2.75, 3.05) is 47.3 Å². The molecule has 0 aliphatic rings. The van der Waals surface area contributed by atoms with Crippen LogP contribution in [0.4, 0.5) is 16.2 Å². The molecule has 4 amide bonds. The fraction of sp³-hybridized carbons (Fsp3) is 0.484. The van der Waals surface area contributed by atoms with Crippen LogP contribution in [0.15, 0.2) is 52.7 Å². The fourth-order valence-corrected chi connectivity index (χ4v) is 3.85. The Kier molecular flexibility index (Phi) is 12.6. The molecule has 0 atom stereocenters. The largest absolute Gasteiger partial charge is 0.507 e. The van der Waals surface area contributed by atoms with E-state index < -0.39 is 17.4 Å². The van der Waals surface area contributed by atoms with E-state index in [9.17, 15) is 24.3 Å². The van der Waals surface area contributed by atoms with Crippen LogP contribution in [0.2, 0.25) is 0 Å². The van der Waals surface area contributed by atoms with Gasteiger partial charge in [0.15, 0.2) is 0 Å². The van der Waals surface area contributed by atoms with Gasteiger partial charge in [-0.25, -0.2) is 4.79 Å². The predicted octanol–water partition coefficient (Wildman–Crippen LogP) is 4.72. The molecule has 0 aliphatic heterocycles. The van der Waals surface area contributed by atoms with Gasteiger partial charge in [0.25, 0.3) is 5.91 Å². The van der Waals surface area contributed by atoms with Crippen molar-refractivity contribution in [1.82, 2.24) is 20.0 Å². The van der Waals surface area contributed by atoms with Gasteiger partial charge < -0.3 is 29.9 Å². The summed E-state index contributed by atoms with van der Waals surface area (Å²) < 4.78 is 5.36. The second-order valence-electron chi connectivity index (χ2n) is 11.7. The summed E-state index contributed by atoms with van der Waals surface area (Å²) in [6.07, 6.45) is -0.494. The summed E-state index contributed by atoms with van der Waals surface area (Å²) in [6.45, 7) is 10.5. The highest BCUT2D eigenvalue weighted by atomic mass is 16.6. The number of rotatable bonds is 12. The number of benzene rings is 2. The summed E-state index contributed by atoms with van der Waals surface area (Å²) in [6, 6.07) is 11.3. The van der Waals surface area contributed by atoms with Gasteiger partial charge in [0.1, 0.15) is 12.4 Å². The van der Waals surface area contributed by atoms with E-state index in [1.807, 2.05) is 34.6 Å². The van der Waals surface area contributed by atoms with Crippen molar-refractivity contribution in [2.24, 2.45) is 21.6 Å². The van der Waals surface area contributed by atoms with E-state index in [1.54, 1.807) is 55.2 Å². The van der Waals surface area contributed by atoms with Gasteiger partial charge in [-0.15, -0.1) is 0 Å². The van der Waals surface area contributed by atoms with Crippen LogP contribution in [0.25, 0.3) is 0 Å². The molecule has 0 spiro atoms. The highest BCUT2D eigenvalue weighted by Gasteiger charge is 2.24. The molecule has 0 saturated heterocycles. The summed E-state index contributed by atoms with van der Waals surface area (Å²) in [4.78, 5) is 53.8. The number of azo groups is 1. The SMILES string of the molecule is CC(C)C(=O)N(C)CCN(C)C(=O)OCc1ccc(/N=N/c2ccc(O)c(C(=O)NCCN(C)C(=O)C(C)(C)C)c2)cc1. The smallest absolute Gasteiger partial charge is 0.409 e. The number of hydrogen-bond acceptors (Lipinski definition) is 8. The number of carbonyl (C=O) groups excluding carboxylic acids is 4. The normalized spacial score (nSPS) is 11.4. The number of phenolic OH excluding ortho intramolecular Hbond substituents is 1. The van der Waals surface area contributed by atoms with Gasteiger partial charge >= 0.3 is 6.09 Å². The minimum absolute atomic E-state index is 0.0145. The first-order valence-corrected chi connectivity index (χ1v) is 14.1. The first kappa shape index (κ1) is 34.7. The minimum atomic E-state index is -0.519. The van der Waals surface area contributed by atoms with Crippen LogP contribution in [0.5, 0.6) is 5.75 Å². The Morgan fingerprint density at radius 1 is 0.860 bits per heavy atom. The van der Waals surface area contributed by atoms with Crippen molar-refractivity contribution < 1.29 is 29.0 Å². The quantitative estimate of drug-likeness (QED) is 0.339. The molecule has 0 aliphatic carbocycles. The lowest BCUT2D eigenvalue weighted by molar-refractivity contribution is -0.138. The van der Waals surface area contributed by atoms with E-state index in [1.165, 1.54) is 23.1 Å². The standard InChI is InChI=1S/C31H44N6O6/c1-21(2)28(40)35(6)17-18-37(8)30(42)43-20-22-9-11-23(12-10-22)33-34-24-13-14-26(38)25(19-24)27(39)32-15-16-36(7)29(41)31(3,4)5/h9-14,19,21,38H,15-18,20H2,1-8H3,(H,32,39)/b34-33+. The number of nitrogens with zero attached hydrogens (tertiary/aromatic N) is 5. The molecular weight excluding hydrogens is 552 g/mol. The summed E-state index contributed by atoms with van der Waals surface area (Å²) >= 11 is 0. The Labute approximate surface area is 253 Å². The predicted molar refractivity (Wildman–Crippen MR) is 163 cm³/mol. The van der Waals surface area contributed by atoms with E-state index in [0.29, 0.717) is 31.0 Å². The van der Waals surface area contributed by atoms with Crippen molar-refractivity contribution in [3.8, 4) is 5.75 Å². The zero-order valence-corrected chi connectivity index (χ0v) is 26.4. The number of likely N-dealkylation sites (N-methyl/N-ethyl adjacent to an activating group) is 3. The Hall–Kier alpha value is -4.48. The Balaban J connectivity index is 1.89. The van der Waals surface area contributed by atoms with Crippen molar-refractivity contribution in [2.45, 2.75) is 41.2 Å². The van der Waals surface area contributed by atoms with Crippen LogP contribution in [0, 0.1) is 11.3 Å². The molecule has 0 bridgehead atoms. The average molecular weight is 597 g/mol. The van der Waals surface area contributed by atoms with Crippen LogP contribution in [0.3, 0.4) is 0 Å². The van der Waals surface area contributed by atoms with Gasteiger partial charge in [-0.3, -0.25) is 14.4 Å². The highest BCUT2D eigenvalue weighted by molar-refractivity contribution is 5.97. The number of ether oxygens (including phenoxy) is 1. The third kappa shape index (κ3) is 11.0. The minimum Gasteiger partial charge on any atom is -0.507 e. The lowest BCUT2D eigenvalue weighted by Gasteiger charge is -2.26. The van der Waals surface area contributed by atoms with Crippen molar-refractivity contribution in [3.05, 3.63) is 53.6 Å². The zero-order valence-electron chi connectivity index (χ0n) is 26.4. The molecule has 0 unspecified atom stereocenters. The molecular formula is C31H44N6O6. The zero-order chi connectivity index (χ0) is 32.3. The lowest BCUT2D eigenvalue weighted by atomic mass is 9.95. The Morgan fingerprint density at radius 2 is 1.44 bits per heavy atom. The third-order valence-electron chi connectivity index (χ3n) is 6.48. The first-order valence-electron chi connectivity index (χ1n) is 14.1. The van der Waals surface area contributed by atoms with Gasteiger partial charge in [-0.2, -0.15) is 10.2 Å². The van der Waals surface area contributed by atoms with Crippen molar-refractivity contribution in [3.63, 3.8) is 0 Å². The fourth-order valence-electron chi connectivity index (χ4n) is 3.85. The molecule has 0 radical (unpaired) electrons. The molecule has 2 aromatic rings. The summed E-state index contributed by atoms with van der Waals surface area (Å²) in [5, 5.41) is 21.3. The second-order valence-corrected chi connectivity index (χ2v) is 11.7. The van der Waals surface area contributed by atoms with Gasteiger partial charge in [-0.05, 0) is 35.9 Å². The van der Waals surface area contributed by atoms with E-state index in [4.69, 9.17) is 4.74 Å². The number of aromatic hydroxyl groups is 1. The van der Waals surface area contributed by atoms with Crippen LogP contribution >= 0.6 is 0 Å². The van der Waals surface area contributed by atoms with Crippen LogP contribution in [0.1, 0.15) is 50.5 Å².